The fraction of sp³-hybridized carbons (Fsp3) is 0.800. The van der Waals surface area contributed by atoms with Gasteiger partial charge in [0.15, 0.2) is 5.16 Å². The number of carbonyl (C=O) groups excluding carboxylic acids is 1. The Morgan fingerprint density at radius 1 is 1.33 bits per heavy atom. The summed E-state index contributed by atoms with van der Waals surface area (Å²) in [6, 6.07) is 0.556. The first kappa shape index (κ1) is 16.3. The molecule has 1 fully saturated rings. The van der Waals surface area contributed by atoms with Crippen LogP contribution in [0.15, 0.2) is 11.5 Å². The van der Waals surface area contributed by atoms with Gasteiger partial charge < -0.3 is 9.47 Å². The molecule has 6 heteroatoms. The Morgan fingerprint density at radius 2 is 1.95 bits per heavy atom. The van der Waals surface area contributed by atoms with Gasteiger partial charge in [-0.2, -0.15) is 0 Å². The zero-order valence-electron chi connectivity index (χ0n) is 13.5. The summed E-state index contributed by atoms with van der Waals surface area (Å²) in [6.45, 7) is 10.3. The molecule has 1 aliphatic rings. The summed E-state index contributed by atoms with van der Waals surface area (Å²) >= 11 is 1.51. The number of aromatic nitrogens is 3. The first-order valence-electron chi connectivity index (χ1n) is 7.77. The van der Waals surface area contributed by atoms with Gasteiger partial charge in [-0.05, 0) is 24.7 Å². The second-order valence-electron chi connectivity index (χ2n) is 6.63. The van der Waals surface area contributed by atoms with Crippen molar-refractivity contribution >= 4 is 17.7 Å². The summed E-state index contributed by atoms with van der Waals surface area (Å²) < 4.78 is 2.10. The maximum atomic E-state index is 12.5. The molecule has 0 N–H and O–H groups in total. The highest BCUT2D eigenvalue weighted by Crippen LogP contribution is 2.37. The van der Waals surface area contributed by atoms with E-state index < -0.39 is 0 Å². The van der Waals surface area contributed by atoms with E-state index >= 15 is 0 Å². The van der Waals surface area contributed by atoms with Crippen LogP contribution in [0.1, 0.15) is 46.6 Å². The number of rotatable bonds is 8. The molecule has 0 unspecified atom stereocenters. The van der Waals surface area contributed by atoms with Crippen molar-refractivity contribution in [3.63, 3.8) is 0 Å². The van der Waals surface area contributed by atoms with E-state index in [0.717, 1.165) is 18.2 Å². The van der Waals surface area contributed by atoms with Crippen LogP contribution in [0.3, 0.4) is 0 Å². The Bertz CT molecular complexity index is 458. The number of carbonyl (C=O) groups is 1. The molecule has 0 saturated heterocycles. The molecule has 0 spiro atoms. The van der Waals surface area contributed by atoms with Crippen molar-refractivity contribution in [3.8, 4) is 0 Å². The molecule has 1 amide bonds. The zero-order valence-corrected chi connectivity index (χ0v) is 14.3. The first-order valence-corrected chi connectivity index (χ1v) is 8.76. The molecule has 0 aromatic carbocycles. The van der Waals surface area contributed by atoms with Crippen molar-refractivity contribution in [2.24, 2.45) is 11.8 Å². The van der Waals surface area contributed by atoms with Crippen LogP contribution in [0.4, 0.5) is 0 Å². The predicted molar refractivity (Wildman–Crippen MR) is 85.3 cm³/mol. The third-order valence-corrected chi connectivity index (χ3v) is 4.27. The molecule has 0 atom stereocenters. The molecule has 1 saturated carbocycles. The van der Waals surface area contributed by atoms with Crippen molar-refractivity contribution < 1.29 is 4.79 Å². The van der Waals surface area contributed by atoms with Gasteiger partial charge in [-0.15, -0.1) is 10.2 Å². The summed E-state index contributed by atoms with van der Waals surface area (Å²) in [7, 11) is 0. The lowest BCUT2D eigenvalue weighted by Crippen LogP contribution is -2.38. The van der Waals surface area contributed by atoms with E-state index in [1.807, 2.05) is 4.90 Å². The Hall–Kier alpha value is -1.04. The Kier molecular flexibility index (Phi) is 5.67. The Balaban J connectivity index is 1.89. The van der Waals surface area contributed by atoms with Gasteiger partial charge in [0, 0.05) is 19.1 Å². The van der Waals surface area contributed by atoms with Crippen LogP contribution in [0.5, 0.6) is 0 Å². The highest BCUT2D eigenvalue weighted by molar-refractivity contribution is 7.99. The molecular formula is C15H26N4OS. The normalized spacial score (nSPS) is 15.0. The first-order chi connectivity index (χ1) is 9.97. The van der Waals surface area contributed by atoms with Crippen molar-refractivity contribution in [1.82, 2.24) is 19.7 Å². The highest BCUT2D eigenvalue weighted by atomic mass is 32.2. The monoisotopic (exact) mass is 310 g/mol. The maximum absolute atomic E-state index is 12.5. The Morgan fingerprint density at radius 3 is 2.48 bits per heavy atom. The molecule has 2 rings (SSSR count). The largest absolute Gasteiger partial charge is 0.341 e. The van der Waals surface area contributed by atoms with E-state index in [2.05, 4.69) is 42.5 Å². The number of hydrogen-bond acceptors (Lipinski definition) is 4. The van der Waals surface area contributed by atoms with E-state index in [9.17, 15) is 4.79 Å². The fourth-order valence-electron chi connectivity index (χ4n) is 2.32. The summed E-state index contributed by atoms with van der Waals surface area (Å²) in [6.07, 6.45) is 4.18. The van der Waals surface area contributed by atoms with Gasteiger partial charge in [0.1, 0.15) is 6.33 Å². The minimum Gasteiger partial charge on any atom is -0.341 e. The molecule has 0 bridgehead atoms. The predicted octanol–water partition coefficient (Wildman–Crippen LogP) is 2.85. The lowest BCUT2D eigenvalue weighted by Gasteiger charge is -2.26. The Labute approximate surface area is 131 Å². The van der Waals surface area contributed by atoms with Gasteiger partial charge in [0.05, 0.1) is 5.75 Å². The van der Waals surface area contributed by atoms with Crippen LogP contribution in [-0.4, -0.2) is 44.4 Å². The van der Waals surface area contributed by atoms with Crippen LogP contribution in [-0.2, 0) is 4.79 Å². The van der Waals surface area contributed by atoms with Crippen molar-refractivity contribution in [1.29, 1.82) is 0 Å². The third kappa shape index (κ3) is 5.02. The van der Waals surface area contributed by atoms with Crippen LogP contribution in [0, 0.1) is 11.8 Å². The van der Waals surface area contributed by atoms with Crippen LogP contribution >= 0.6 is 11.8 Å². The molecule has 5 nitrogen and oxygen atoms in total. The highest BCUT2D eigenvalue weighted by Gasteiger charge is 2.27. The van der Waals surface area contributed by atoms with Gasteiger partial charge in [0.25, 0.3) is 0 Å². The molecule has 118 valence electrons. The molecule has 21 heavy (non-hydrogen) atoms. The minimum atomic E-state index is 0.202. The van der Waals surface area contributed by atoms with E-state index in [-0.39, 0.29) is 5.91 Å². The van der Waals surface area contributed by atoms with Crippen molar-refractivity contribution in [2.45, 2.75) is 51.7 Å². The standard InChI is InChI=1S/C15H26N4OS/c1-11(2)7-18(8-12(3)4)14(20)9-21-15-17-16-10-19(15)13-5-6-13/h10-13H,5-9H2,1-4H3. The van der Waals surface area contributed by atoms with Gasteiger partial charge in [0.2, 0.25) is 5.91 Å². The smallest absolute Gasteiger partial charge is 0.233 e. The molecule has 1 aliphatic carbocycles. The van der Waals surface area contributed by atoms with Crippen molar-refractivity contribution in [2.75, 3.05) is 18.8 Å². The zero-order chi connectivity index (χ0) is 15.4. The van der Waals surface area contributed by atoms with Gasteiger partial charge >= 0.3 is 0 Å². The number of amides is 1. The second-order valence-corrected chi connectivity index (χ2v) is 7.57. The minimum absolute atomic E-state index is 0.202. The maximum Gasteiger partial charge on any atom is 0.233 e. The summed E-state index contributed by atoms with van der Waals surface area (Å²) in [4.78, 5) is 14.4. The third-order valence-electron chi connectivity index (χ3n) is 3.33. The van der Waals surface area contributed by atoms with E-state index in [4.69, 9.17) is 0 Å². The molecule has 1 aromatic heterocycles. The lowest BCUT2D eigenvalue weighted by atomic mass is 10.1. The average Bonchev–Trinajstić information content (AvgIpc) is 3.13. The second kappa shape index (κ2) is 7.29. The average molecular weight is 310 g/mol. The quantitative estimate of drug-likeness (QED) is 0.693. The molecular weight excluding hydrogens is 284 g/mol. The lowest BCUT2D eigenvalue weighted by molar-refractivity contribution is -0.129. The van der Waals surface area contributed by atoms with Gasteiger partial charge in [-0.25, -0.2) is 0 Å². The molecule has 1 aromatic rings. The molecule has 0 radical (unpaired) electrons. The fourth-order valence-corrected chi connectivity index (χ4v) is 3.20. The topological polar surface area (TPSA) is 51.0 Å². The summed E-state index contributed by atoms with van der Waals surface area (Å²) in [5, 5.41) is 8.98. The SMILES string of the molecule is CC(C)CN(CC(C)C)C(=O)CSc1nncn1C1CC1. The summed E-state index contributed by atoms with van der Waals surface area (Å²) in [5.41, 5.74) is 0. The van der Waals surface area contributed by atoms with Gasteiger partial charge in [-0.3, -0.25) is 4.79 Å². The van der Waals surface area contributed by atoms with Gasteiger partial charge in [-0.1, -0.05) is 39.5 Å². The number of thioether (sulfide) groups is 1. The summed E-state index contributed by atoms with van der Waals surface area (Å²) in [5.74, 6) is 1.64. The van der Waals surface area contributed by atoms with Crippen LogP contribution < -0.4 is 0 Å². The van der Waals surface area contributed by atoms with E-state index in [1.165, 1.54) is 24.6 Å². The molecule has 1 heterocycles. The van der Waals surface area contributed by atoms with Crippen LogP contribution in [0.25, 0.3) is 0 Å². The van der Waals surface area contributed by atoms with Crippen molar-refractivity contribution in [3.05, 3.63) is 6.33 Å². The van der Waals surface area contributed by atoms with Crippen LogP contribution in [0.2, 0.25) is 0 Å². The van der Waals surface area contributed by atoms with E-state index in [1.54, 1.807) is 6.33 Å². The molecule has 0 aliphatic heterocycles. The number of nitrogens with zero attached hydrogens (tertiary/aromatic N) is 4. The van der Waals surface area contributed by atoms with E-state index in [0.29, 0.717) is 23.6 Å². The number of hydrogen-bond donors (Lipinski definition) is 0.